The van der Waals surface area contributed by atoms with Crippen LogP contribution in [0, 0.1) is 0 Å². The summed E-state index contributed by atoms with van der Waals surface area (Å²) in [5.74, 6) is 1.39. The molecule has 1 N–H and O–H groups in total. The Bertz CT molecular complexity index is 792. The normalized spacial score (nSPS) is 18.9. The lowest BCUT2D eigenvalue weighted by Gasteiger charge is -2.26. The summed E-state index contributed by atoms with van der Waals surface area (Å²) in [5, 5.41) is 9.57. The zero-order valence-corrected chi connectivity index (χ0v) is 11.8. The van der Waals surface area contributed by atoms with Crippen molar-refractivity contribution in [2.45, 2.75) is 12.5 Å². The first kappa shape index (κ1) is 13.0. The number of rotatable bonds is 1. The molecule has 110 valence electrons. The molecule has 0 saturated heterocycles. The third-order valence-electron chi connectivity index (χ3n) is 3.94. The van der Waals surface area contributed by atoms with Crippen LogP contribution in [0.15, 0.2) is 42.5 Å². The third kappa shape index (κ3) is 2.13. The average molecular weight is 294 g/mol. The van der Waals surface area contributed by atoms with Crippen LogP contribution in [-0.2, 0) is 0 Å². The van der Waals surface area contributed by atoms with Gasteiger partial charge in [0.05, 0.1) is 12.0 Å². The number of phenolic OH excluding ortho intramolecular Hbond substituents is 1. The van der Waals surface area contributed by atoms with Gasteiger partial charge in [0.2, 0.25) is 0 Å². The smallest absolute Gasteiger partial charge is 0.170 e. The lowest BCUT2D eigenvalue weighted by molar-refractivity contribution is 0.0849. The molecule has 2 aromatic rings. The van der Waals surface area contributed by atoms with Crippen LogP contribution in [0.3, 0.4) is 0 Å². The molecule has 4 nitrogen and oxygen atoms in total. The summed E-state index contributed by atoms with van der Waals surface area (Å²) < 4.78 is 11.4. The molecule has 0 fully saturated rings. The Balaban J connectivity index is 1.70. The van der Waals surface area contributed by atoms with E-state index in [1.165, 1.54) is 12.1 Å². The van der Waals surface area contributed by atoms with E-state index in [-0.39, 0.29) is 17.6 Å². The van der Waals surface area contributed by atoms with E-state index in [0.717, 1.165) is 16.9 Å². The number of ether oxygens (including phenoxy) is 2. The number of Topliss-reactive ketones (excluding diaryl/α,β-unsaturated/α-hetero) is 1. The number of fused-ring (bicyclic) bond motifs is 2. The summed E-state index contributed by atoms with van der Waals surface area (Å²) in [6.45, 7) is 0.581. The highest BCUT2D eigenvalue weighted by molar-refractivity contribution is 6.00. The van der Waals surface area contributed by atoms with Gasteiger partial charge in [-0.15, -0.1) is 0 Å². The highest BCUT2D eigenvalue weighted by Gasteiger charge is 2.28. The van der Waals surface area contributed by atoms with Crippen LogP contribution in [0.1, 0.15) is 34.0 Å². The topological polar surface area (TPSA) is 55.8 Å². The maximum atomic E-state index is 12.3. The summed E-state index contributed by atoms with van der Waals surface area (Å²) in [5.41, 5.74) is 2.44. The highest BCUT2D eigenvalue weighted by Crippen LogP contribution is 2.38. The average Bonchev–Trinajstić information content (AvgIpc) is 2.54. The van der Waals surface area contributed by atoms with Crippen molar-refractivity contribution in [3.8, 4) is 17.2 Å². The fourth-order valence-electron chi connectivity index (χ4n) is 2.84. The SMILES string of the molecule is O=C1C[C@@H](c2ccc3c(c2)C=CCO3)Oc2cc(O)ccc21. The molecular formula is C18H14O4. The van der Waals surface area contributed by atoms with Gasteiger partial charge >= 0.3 is 0 Å². The Morgan fingerprint density at radius 2 is 2.00 bits per heavy atom. The molecule has 0 aromatic heterocycles. The molecule has 0 saturated carbocycles. The summed E-state index contributed by atoms with van der Waals surface area (Å²) in [4.78, 5) is 12.3. The largest absolute Gasteiger partial charge is 0.508 e. The second-order valence-corrected chi connectivity index (χ2v) is 5.42. The molecule has 2 aliphatic heterocycles. The summed E-state index contributed by atoms with van der Waals surface area (Å²) >= 11 is 0. The van der Waals surface area contributed by atoms with Gasteiger partial charge in [0.1, 0.15) is 30.0 Å². The fraction of sp³-hybridized carbons (Fsp3) is 0.167. The minimum Gasteiger partial charge on any atom is -0.508 e. The number of hydrogen-bond acceptors (Lipinski definition) is 4. The highest BCUT2D eigenvalue weighted by atomic mass is 16.5. The van der Waals surface area contributed by atoms with Crippen LogP contribution >= 0.6 is 0 Å². The van der Waals surface area contributed by atoms with Crippen LogP contribution in [0.5, 0.6) is 17.2 Å². The van der Waals surface area contributed by atoms with Gasteiger partial charge in [0, 0.05) is 11.6 Å². The molecule has 4 heteroatoms. The lowest BCUT2D eigenvalue weighted by Crippen LogP contribution is -2.20. The minimum absolute atomic E-state index is 0.0239. The van der Waals surface area contributed by atoms with Crippen molar-refractivity contribution < 1.29 is 19.4 Å². The zero-order chi connectivity index (χ0) is 15.1. The molecular weight excluding hydrogens is 280 g/mol. The Kier molecular flexibility index (Phi) is 2.89. The van der Waals surface area contributed by atoms with Crippen molar-refractivity contribution >= 4 is 11.9 Å². The quantitative estimate of drug-likeness (QED) is 0.874. The first-order valence-corrected chi connectivity index (χ1v) is 7.17. The molecule has 1 atom stereocenters. The summed E-state index contributed by atoms with van der Waals surface area (Å²) in [6.07, 6.45) is 3.91. The van der Waals surface area contributed by atoms with Crippen molar-refractivity contribution in [2.75, 3.05) is 6.61 Å². The molecule has 2 heterocycles. The van der Waals surface area contributed by atoms with Gasteiger partial charge < -0.3 is 14.6 Å². The molecule has 0 spiro atoms. The number of benzene rings is 2. The Hall–Kier alpha value is -2.75. The maximum Gasteiger partial charge on any atom is 0.170 e. The molecule has 4 rings (SSSR count). The van der Waals surface area contributed by atoms with Gasteiger partial charge in [-0.25, -0.2) is 0 Å². The molecule has 0 unspecified atom stereocenters. The molecule has 22 heavy (non-hydrogen) atoms. The molecule has 2 aliphatic rings. The number of hydrogen-bond donors (Lipinski definition) is 1. The summed E-state index contributed by atoms with van der Waals surface area (Å²) in [6, 6.07) is 10.4. The van der Waals surface area contributed by atoms with E-state index in [2.05, 4.69) is 0 Å². The van der Waals surface area contributed by atoms with Gasteiger partial charge in [0.25, 0.3) is 0 Å². The molecule has 0 bridgehead atoms. The monoisotopic (exact) mass is 294 g/mol. The molecule has 0 aliphatic carbocycles. The van der Waals surface area contributed by atoms with Crippen LogP contribution in [0.2, 0.25) is 0 Å². The fourth-order valence-corrected chi connectivity index (χ4v) is 2.84. The van der Waals surface area contributed by atoms with E-state index in [9.17, 15) is 9.90 Å². The maximum absolute atomic E-state index is 12.3. The summed E-state index contributed by atoms with van der Waals surface area (Å²) in [7, 11) is 0. The van der Waals surface area contributed by atoms with E-state index in [1.54, 1.807) is 6.07 Å². The Labute approximate surface area is 127 Å². The Morgan fingerprint density at radius 1 is 1.09 bits per heavy atom. The van der Waals surface area contributed by atoms with Crippen molar-refractivity contribution in [3.63, 3.8) is 0 Å². The molecule has 2 aromatic carbocycles. The van der Waals surface area contributed by atoms with Crippen molar-refractivity contribution in [1.29, 1.82) is 0 Å². The number of carbonyl (C=O) groups excluding carboxylic acids is 1. The van der Waals surface area contributed by atoms with Gasteiger partial charge in [-0.2, -0.15) is 0 Å². The number of aromatic hydroxyl groups is 1. The van der Waals surface area contributed by atoms with E-state index < -0.39 is 0 Å². The molecule has 0 amide bonds. The van der Waals surface area contributed by atoms with Crippen molar-refractivity contribution in [1.82, 2.24) is 0 Å². The van der Waals surface area contributed by atoms with E-state index >= 15 is 0 Å². The van der Waals surface area contributed by atoms with Crippen LogP contribution < -0.4 is 9.47 Å². The van der Waals surface area contributed by atoms with E-state index in [4.69, 9.17) is 9.47 Å². The van der Waals surface area contributed by atoms with Gasteiger partial charge in [-0.3, -0.25) is 4.79 Å². The third-order valence-corrected chi connectivity index (χ3v) is 3.94. The van der Waals surface area contributed by atoms with Crippen LogP contribution in [0.4, 0.5) is 0 Å². The zero-order valence-electron chi connectivity index (χ0n) is 11.8. The van der Waals surface area contributed by atoms with Gasteiger partial charge in [0.15, 0.2) is 5.78 Å². The lowest BCUT2D eigenvalue weighted by atomic mass is 9.95. The van der Waals surface area contributed by atoms with Crippen molar-refractivity contribution in [3.05, 3.63) is 59.2 Å². The van der Waals surface area contributed by atoms with Crippen LogP contribution in [-0.4, -0.2) is 17.5 Å². The standard InChI is InChI=1S/C18H14O4/c19-13-4-5-14-15(20)10-17(22-18(14)9-13)12-3-6-16-11(8-12)2-1-7-21-16/h1-6,8-9,17,19H,7,10H2/t17-/m0/s1. The second-order valence-electron chi connectivity index (χ2n) is 5.42. The number of ketones is 1. The van der Waals surface area contributed by atoms with Crippen LogP contribution in [0.25, 0.3) is 6.08 Å². The predicted octanol–water partition coefficient (Wildman–Crippen LogP) is 3.50. The number of carbonyl (C=O) groups is 1. The Morgan fingerprint density at radius 3 is 2.91 bits per heavy atom. The first-order chi connectivity index (χ1) is 10.7. The van der Waals surface area contributed by atoms with Gasteiger partial charge in [-0.05, 0) is 35.9 Å². The second kappa shape index (κ2) is 4.91. The van der Waals surface area contributed by atoms with Gasteiger partial charge in [-0.1, -0.05) is 12.1 Å². The van der Waals surface area contributed by atoms with E-state index in [0.29, 0.717) is 24.3 Å². The number of phenols is 1. The molecule has 0 radical (unpaired) electrons. The predicted molar refractivity (Wildman–Crippen MR) is 81.4 cm³/mol. The van der Waals surface area contributed by atoms with Crippen molar-refractivity contribution in [2.24, 2.45) is 0 Å². The minimum atomic E-state index is -0.345. The first-order valence-electron chi connectivity index (χ1n) is 7.17. The van der Waals surface area contributed by atoms with E-state index in [1.807, 2.05) is 30.4 Å².